The predicted octanol–water partition coefficient (Wildman–Crippen LogP) is 3.95. The maximum absolute atomic E-state index is 12.4. The summed E-state index contributed by atoms with van der Waals surface area (Å²) >= 11 is 11.9. The van der Waals surface area contributed by atoms with E-state index in [1.807, 2.05) is 11.0 Å². The molecule has 0 spiro atoms. The van der Waals surface area contributed by atoms with E-state index in [2.05, 4.69) is 5.32 Å². The molecule has 2 heterocycles. The summed E-state index contributed by atoms with van der Waals surface area (Å²) in [5.74, 6) is 0.924. The van der Waals surface area contributed by atoms with Gasteiger partial charge in [-0.15, -0.1) is 12.4 Å². The van der Waals surface area contributed by atoms with Crippen LogP contribution in [0.4, 0.5) is 0 Å². The van der Waals surface area contributed by atoms with E-state index < -0.39 is 0 Å². The molecule has 2 fully saturated rings. The van der Waals surface area contributed by atoms with Crippen LogP contribution in [0.1, 0.15) is 31.2 Å². The number of benzene rings is 1. The van der Waals surface area contributed by atoms with Gasteiger partial charge >= 0.3 is 0 Å². The predicted molar refractivity (Wildman–Crippen MR) is 97.7 cm³/mol. The standard InChI is InChI=1S/C17H22Cl2N2O.ClH/c18-14-4-3-12(10-15(14)19)11-17(22)21-8-5-13(6-9-21)16-2-1-7-20-16;/h3-4,10,13,16,20H,1-2,5-9,11H2;1H. The van der Waals surface area contributed by atoms with Gasteiger partial charge in [-0.2, -0.15) is 0 Å². The van der Waals surface area contributed by atoms with Crippen molar-refractivity contribution >= 4 is 41.5 Å². The first-order chi connectivity index (χ1) is 10.6. The number of nitrogens with zero attached hydrogens (tertiary/aromatic N) is 1. The van der Waals surface area contributed by atoms with Gasteiger partial charge in [0.25, 0.3) is 0 Å². The normalized spacial score (nSPS) is 22.0. The number of rotatable bonds is 3. The molecule has 0 saturated carbocycles. The molecule has 2 saturated heterocycles. The van der Waals surface area contributed by atoms with Gasteiger partial charge in [0, 0.05) is 19.1 Å². The van der Waals surface area contributed by atoms with Gasteiger partial charge in [0.2, 0.25) is 5.91 Å². The van der Waals surface area contributed by atoms with E-state index in [-0.39, 0.29) is 18.3 Å². The minimum atomic E-state index is 0. The van der Waals surface area contributed by atoms with Gasteiger partial charge < -0.3 is 10.2 Å². The van der Waals surface area contributed by atoms with Gasteiger partial charge in [0.1, 0.15) is 0 Å². The Labute approximate surface area is 154 Å². The fourth-order valence-corrected chi connectivity index (χ4v) is 3.92. The first-order valence-corrected chi connectivity index (χ1v) is 8.84. The molecule has 3 rings (SSSR count). The maximum atomic E-state index is 12.4. The van der Waals surface area contributed by atoms with Crippen LogP contribution in [-0.2, 0) is 11.2 Å². The second kappa shape index (κ2) is 8.57. The van der Waals surface area contributed by atoms with Crippen molar-refractivity contribution in [3.63, 3.8) is 0 Å². The molecule has 2 aliphatic heterocycles. The monoisotopic (exact) mass is 376 g/mol. The summed E-state index contributed by atoms with van der Waals surface area (Å²) in [6, 6.07) is 6.09. The summed E-state index contributed by atoms with van der Waals surface area (Å²) in [7, 11) is 0. The van der Waals surface area contributed by atoms with E-state index in [1.54, 1.807) is 12.1 Å². The Morgan fingerprint density at radius 1 is 1.17 bits per heavy atom. The number of hydrogen-bond acceptors (Lipinski definition) is 2. The average Bonchev–Trinajstić information content (AvgIpc) is 3.05. The minimum absolute atomic E-state index is 0. The van der Waals surface area contributed by atoms with E-state index in [0.717, 1.165) is 44.0 Å². The number of hydrogen-bond donors (Lipinski definition) is 1. The molecule has 1 N–H and O–H groups in total. The van der Waals surface area contributed by atoms with Crippen LogP contribution in [0, 0.1) is 5.92 Å². The average molecular weight is 378 g/mol. The molecule has 1 aromatic rings. The Kier molecular flexibility index (Phi) is 7.02. The molecule has 23 heavy (non-hydrogen) atoms. The second-order valence-electron chi connectivity index (χ2n) is 6.35. The van der Waals surface area contributed by atoms with Crippen molar-refractivity contribution in [3.8, 4) is 0 Å². The Morgan fingerprint density at radius 2 is 1.91 bits per heavy atom. The molecule has 0 aromatic heterocycles. The highest BCUT2D eigenvalue weighted by atomic mass is 35.5. The van der Waals surface area contributed by atoms with Crippen LogP contribution in [0.3, 0.4) is 0 Å². The molecule has 2 aliphatic rings. The number of amides is 1. The molecule has 0 aliphatic carbocycles. The summed E-state index contributed by atoms with van der Waals surface area (Å²) < 4.78 is 0. The van der Waals surface area contributed by atoms with Crippen molar-refractivity contribution in [2.45, 2.75) is 38.1 Å². The van der Waals surface area contributed by atoms with Crippen molar-refractivity contribution in [2.75, 3.05) is 19.6 Å². The Hall–Kier alpha value is -0.480. The summed E-state index contributed by atoms with van der Waals surface area (Å²) in [4.78, 5) is 14.4. The highest BCUT2D eigenvalue weighted by Gasteiger charge is 2.29. The quantitative estimate of drug-likeness (QED) is 0.865. The Bertz CT molecular complexity index is 539. The molecule has 0 radical (unpaired) electrons. The molecule has 6 heteroatoms. The van der Waals surface area contributed by atoms with Crippen LogP contribution < -0.4 is 5.32 Å². The summed E-state index contributed by atoms with van der Waals surface area (Å²) in [6.07, 6.45) is 5.22. The van der Waals surface area contributed by atoms with Gasteiger partial charge in [-0.3, -0.25) is 4.79 Å². The summed E-state index contributed by atoms with van der Waals surface area (Å²) in [5.41, 5.74) is 0.930. The van der Waals surface area contributed by atoms with Crippen molar-refractivity contribution in [3.05, 3.63) is 33.8 Å². The Balaban J connectivity index is 0.00000192. The number of carbonyl (C=O) groups excluding carboxylic acids is 1. The van der Waals surface area contributed by atoms with E-state index in [4.69, 9.17) is 23.2 Å². The molecular formula is C17H23Cl3N2O. The summed E-state index contributed by atoms with van der Waals surface area (Å²) in [6.45, 7) is 2.91. The van der Waals surface area contributed by atoms with E-state index in [1.165, 1.54) is 12.8 Å². The van der Waals surface area contributed by atoms with Crippen molar-refractivity contribution in [1.82, 2.24) is 10.2 Å². The number of nitrogens with one attached hydrogen (secondary N) is 1. The second-order valence-corrected chi connectivity index (χ2v) is 7.16. The van der Waals surface area contributed by atoms with Gasteiger partial charge in [-0.1, -0.05) is 29.3 Å². The molecule has 0 bridgehead atoms. The zero-order valence-corrected chi connectivity index (χ0v) is 15.4. The third-order valence-corrected chi connectivity index (χ3v) is 5.64. The molecule has 1 amide bonds. The third kappa shape index (κ3) is 4.76. The number of likely N-dealkylation sites (tertiary alicyclic amines) is 1. The van der Waals surface area contributed by atoms with Crippen LogP contribution in [0.15, 0.2) is 18.2 Å². The molecule has 3 nitrogen and oxygen atoms in total. The van der Waals surface area contributed by atoms with Crippen molar-refractivity contribution < 1.29 is 4.79 Å². The van der Waals surface area contributed by atoms with Gasteiger partial charge in [-0.05, 0) is 55.8 Å². The van der Waals surface area contributed by atoms with Crippen molar-refractivity contribution in [2.24, 2.45) is 5.92 Å². The largest absolute Gasteiger partial charge is 0.342 e. The van der Waals surface area contributed by atoms with Crippen LogP contribution in [-0.4, -0.2) is 36.5 Å². The molecule has 1 atom stereocenters. The third-order valence-electron chi connectivity index (χ3n) is 4.90. The topological polar surface area (TPSA) is 32.3 Å². The highest BCUT2D eigenvalue weighted by molar-refractivity contribution is 6.42. The molecular weight excluding hydrogens is 355 g/mol. The lowest BCUT2D eigenvalue weighted by Crippen LogP contribution is -2.43. The number of piperidine rings is 1. The minimum Gasteiger partial charge on any atom is -0.342 e. The fourth-order valence-electron chi connectivity index (χ4n) is 3.60. The van der Waals surface area contributed by atoms with Crippen LogP contribution in [0.5, 0.6) is 0 Å². The lowest BCUT2D eigenvalue weighted by atomic mass is 9.88. The summed E-state index contributed by atoms with van der Waals surface area (Å²) in [5, 5.41) is 4.63. The van der Waals surface area contributed by atoms with E-state index >= 15 is 0 Å². The van der Waals surface area contributed by atoms with Crippen LogP contribution in [0.25, 0.3) is 0 Å². The van der Waals surface area contributed by atoms with Gasteiger partial charge in [0.05, 0.1) is 16.5 Å². The van der Waals surface area contributed by atoms with Crippen molar-refractivity contribution in [1.29, 1.82) is 0 Å². The zero-order valence-electron chi connectivity index (χ0n) is 13.1. The van der Waals surface area contributed by atoms with Crippen LogP contribution in [0.2, 0.25) is 10.0 Å². The maximum Gasteiger partial charge on any atom is 0.226 e. The SMILES string of the molecule is Cl.O=C(Cc1ccc(Cl)c(Cl)c1)N1CCC(C2CCCN2)CC1. The number of halogens is 3. The first-order valence-electron chi connectivity index (χ1n) is 8.08. The van der Waals surface area contributed by atoms with E-state index in [9.17, 15) is 4.79 Å². The smallest absolute Gasteiger partial charge is 0.226 e. The zero-order chi connectivity index (χ0) is 15.5. The lowest BCUT2D eigenvalue weighted by molar-refractivity contribution is -0.132. The molecule has 1 unspecified atom stereocenters. The van der Waals surface area contributed by atoms with E-state index in [0.29, 0.717) is 22.5 Å². The Morgan fingerprint density at radius 3 is 2.52 bits per heavy atom. The lowest BCUT2D eigenvalue weighted by Gasteiger charge is -2.35. The van der Waals surface area contributed by atoms with Crippen LogP contribution >= 0.6 is 35.6 Å². The molecule has 1 aromatic carbocycles. The highest BCUT2D eigenvalue weighted by Crippen LogP contribution is 2.27. The number of carbonyl (C=O) groups is 1. The molecule has 128 valence electrons. The van der Waals surface area contributed by atoms with Gasteiger partial charge in [0.15, 0.2) is 0 Å². The van der Waals surface area contributed by atoms with Gasteiger partial charge in [-0.25, -0.2) is 0 Å². The first kappa shape index (κ1) is 18.9. The fraction of sp³-hybridized carbons (Fsp3) is 0.588.